The summed E-state index contributed by atoms with van der Waals surface area (Å²) in [5.74, 6) is 0. The first-order valence-corrected chi connectivity index (χ1v) is 7.25. The zero-order valence-corrected chi connectivity index (χ0v) is 12.4. The lowest BCUT2D eigenvalue weighted by Gasteiger charge is -2.15. The smallest absolute Gasteiger partial charge is 0.0648 e. The number of rotatable bonds is 3. The maximum atomic E-state index is 6.17. The van der Waals surface area contributed by atoms with Crippen molar-refractivity contribution >= 4 is 51.2 Å². The molecule has 0 saturated heterocycles. The largest absolute Gasteiger partial charge is 0.377 e. The van der Waals surface area contributed by atoms with Gasteiger partial charge >= 0.3 is 0 Å². The van der Waals surface area contributed by atoms with Gasteiger partial charge in [0.2, 0.25) is 0 Å². The van der Waals surface area contributed by atoms with Gasteiger partial charge in [0.05, 0.1) is 16.8 Å². The van der Waals surface area contributed by atoms with Gasteiger partial charge < -0.3 is 5.32 Å². The second-order valence-electron chi connectivity index (χ2n) is 3.51. The van der Waals surface area contributed by atoms with Crippen LogP contribution in [0.4, 0.5) is 5.69 Å². The number of hydrogen-bond acceptors (Lipinski definition) is 2. The highest BCUT2D eigenvalue weighted by Crippen LogP contribution is 2.29. The first-order chi connectivity index (χ1) is 7.66. The minimum absolute atomic E-state index is 0.289. The summed E-state index contributed by atoms with van der Waals surface area (Å²) in [5, 5.41) is 6.27. The van der Waals surface area contributed by atoms with Gasteiger partial charge in [0.15, 0.2) is 0 Å². The lowest BCUT2D eigenvalue weighted by Crippen LogP contribution is -2.05. The maximum absolute atomic E-state index is 6.17. The zero-order chi connectivity index (χ0) is 11.5. The van der Waals surface area contributed by atoms with Gasteiger partial charge in [-0.3, -0.25) is 0 Å². The summed E-state index contributed by atoms with van der Waals surface area (Å²) >= 11 is 10.2. The molecular formula is C12H11ClINS. The van der Waals surface area contributed by atoms with Gasteiger partial charge in [0.25, 0.3) is 0 Å². The number of nitrogens with one attached hydrogen (secondary N) is 1. The molecule has 1 heterocycles. The first-order valence-electron chi connectivity index (χ1n) is 4.92. The summed E-state index contributed by atoms with van der Waals surface area (Å²) in [5.41, 5.74) is 0.989. The molecule has 2 rings (SSSR count). The Bertz CT molecular complexity index is 470. The fraction of sp³-hybridized carbons (Fsp3) is 0.167. The molecule has 1 aromatic carbocycles. The third-order valence-corrected chi connectivity index (χ3v) is 4.31. The van der Waals surface area contributed by atoms with Crippen LogP contribution in [0, 0.1) is 3.57 Å². The molecule has 0 fully saturated rings. The average Bonchev–Trinajstić information content (AvgIpc) is 2.75. The lowest BCUT2D eigenvalue weighted by molar-refractivity contribution is 0.908. The molecule has 0 amide bonds. The van der Waals surface area contributed by atoms with Gasteiger partial charge in [-0.25, -0.2) is 0 Å². The zero-order valence-electron chi connectivity index (χ0n) is 8.71. The van der Waals surface area contributed by atoms with Gasteiger partial charge in [-0.1, -0.05) is 17.7 Å². The molecule has 1 unspecified atom stereocenters. The molecule has 0 spiro atoms. The normalized spacial score (nSPS) is 12.4. The van der Waals surface area contributed by atoms with Crippen LogP contribution in [0.2, 0.25) is 5.02 Å². The van der Waals surface area contributed by atoms with Gasteiger partial charge in [-0.2, -0.15) is 0 Å². The van der Waals surface area contributed by atoms with Crippen LogP contribution in [0.1, 0.15) is 17.8 Å². The second-order valence-corrected chi connectivity index (χ2v) is 6.14. The molecule has 0 bridgehead atoms. The number of thiophene rings is 1. The first kappa shape index (κ1) is 12.2. The fourth-order valence-corrected chi connectivity index (χ4v) is 3.09. The highest BCUT2D eigenvalue weighted by molar-refractivity contribution is 14.1. The molecule has 1 atom stereocenters. The van der Waals surface area contributed by atoms with E-state index in [1.54, 1.807) is 11.3 Å². The maximum Gasteiger partial charge on any atom is 0.0648 e. The van der Waals surface area contributed by atoms with Crippen molar-refractivity contribution in [3.05, 3.63) is 49.2 Å². The van der Waals surface area contributed by atoms with Crippen LogP contribution >= 0.6 is 45.5 Å². The molecule has 0 radical (unpaired) electrons. The quantitative estimate of drug-likeness (QED) is 0.741. The predicted molar refractivity (Wildman–Crippen MR) is 80.5 cm³/mol. The minimum atomic E-state index is 0.289. The van der Waals surface area contributed by atoms with E-state index in [2.05, 4.69) is 58.4 Å². The van der Waals surface area contributed by atoms with Crippen LogP contribution in [-0.2, 0) is 0 Å². The SMILES string of the molecule is CC(Nc1ccc(I)cc1Cl)c1cccs1. The van der Waals surface area contributed by atoms with Crippen molar-refractivity contribution in [1.29, 1.82) is 0 Å². The number of hydrogen-bond donors (Lipinski definition) is 1. The van der Waals surface area contributed by atoms with Crippen molar-refractivity contribution in [3.63, 3.8) is 0 Å². The van der Waals surface area contributed by atoms with E-state index in [0.29, 0.717) is 0 Å². The molecule has 0 saturated carbocycles. The van der Waals surface area contributed by atoms with E-state index < -0.39 is 0 Å². The summed E-state index contributed by atoms with van der Waals surface area (Å²) in [6.07, 6.45) is 0. The van der Waals surface area contributed by atoms with Crippen LogP contribution in [0.5, 0.6) is 0 Å². The van der Waals surface area contributed by atoms with E-state index in [1.165, 1.54) is 4.88 Å². The van der Waals surface area contributed by atoms with Gasteiger partial charge in [-0.15, -0.1) is 11.3 Å². The molecule has 0 aliphatic rings. The molecular weight excluding hydrogens is 353 g/mol. The highest BCUT2D eigenvalue weighted by Gasteiger charge is 2.08. The Labute approximate surface area is 118 Å². The third kappa shape index (κ3) is 2.90. The Morgan fingerprint density at radius 3 is 2.81 bits per heavy atom. The van der Waals surface area contributed by atoms with Crippen LogP contribution < -0.4 is 5.32 Å². The topological polar surface area (TPSA) is 12.0 Å². The van der Waals surface area contributed by atoms with Crippen LogP contribution in [-0.4, -0.2) is 0 Å². The molecule has 2 aromatic rings. The van der Waals surface area contributed by atoms with E-state index in [1.807, 2.05) is 12.1 Å². The summed E-state index contributed by atoms with van der Waals surface area (Å²) in [6.45, 7) is 2.14. The van der Waals surface area contributed by atoms with Crippen molar-refractivity contribution in [1.82, 2.24) is 0 Å². The standard InChI is InChI=1S/C12H11ClINS/c1-8(12-3-2-6-16-12)15-11-5-4-9(14)7-10(11)13/h2-8,15H,1H3. The molecule has 1 N–H and O–H groups in total. The molecule has 4 heteroatoms. The third-order valence-electron chi connectivity index (χ3n) is 2.27. The van der Waals surface area contributed by atoms with Crippen molar-refractivity contribution in [2.24, 2.45) is 0 Å². The summed E-state index contributed by atoms with van der Waals surface area (Å²) in [7, 11) is 0. The molecule has 0 aliphatic heterocycles. The Morgan fingerprint density at radius 1 is 1.38 bits per heavy atom. The number of benzene rings is 1. The van der Waals surface area contributed by atoms with Gasteiger partial charge in [0.1, 0.15) is 0 Å². The lowest BCUT2D eigenvalue weighted by atomic mass is 10.2. The van der Waals surface area contributed by atoms with Crippen molar-refractivity contribution in [3.8, 4) is 0 Å². The molecule has 16 heavy (non-hydrogen) atoms. The number of halogens is 2. The van der Waals surface area contributed by atoms with Crippen molar-refractivity contribution in [2.75, 3.05) is 5.32 Å². The molecule has 1 nitrogen and oxygen atoms in total. The van der Waals surface area contributed by atoms with Gasteiger partial charge in [-0.05, 0) is 59.2 Å². The van der Waals surface area contributed by atoms with Crippen molar-refractivity contribution < 1.29 is 0 Å². The van der Waals surface area contributed by atoms with Crippen LogP contribution in [0.3, 0.4) is 0 Å². The molecule has 1 aromatic heterocycles. The van der Waals surface area contributed by atoms with Crippen LogP contribution in [0.15, 0.2) is 35.7 Å². The second kappa shape index (κ2) is 5.38. The van der Waals surface area contributed by atoms with Crippen molar-refractivity contribution in [2.45, 2.75) is 13.0 Å². The van der Waals surface area contributed by atoms with Gasteiger partial charge in [0, 0.05) is 8.45 Å². The van der Waals surface area contributed by atoms with E-state index in [0.717, 1.165) is 14.3 Å². The Balaban J connectivity index is 2.15. The predicted octanol–water partition coefficient (Wildman–Crippen LogP) is 5.18. The monoisotopic (exact) mass is 363 g/mol. The van der Waals surface area contributed by atoms with E-state index in [4.69, 9.17) is 11.6 Å². The van der Waals surface area contributed by atoms with E-state index >= 15 is 0 Å². The Morgan fingerprint density at radius 2 is 2.19 bits per heavy atom. The summed E-state index contributed by atoms with van der Waals surface area (Å²) < 4.78 is 1.15. The fourth-order valence-electron chi connectivity index (χ4n) is 1.45. The van der Waals surface area contributed by atoms with E-state index in [9.17, 15) is 0 Å². The Kier molecular flexibility index (Phi) is 4.10. The molecule has 84 valence electrons. The summed E-state index contributed by atoms with van der Waals surface area (Å²) in [4.78, 5) is 1.31. The number of anilines is 1. The van der Waals surface area contributed by atoms with E-state index in [-0.39, 0.29) is 6.04 Å². The average molecular weight is 364 g/mol. The van der Waals surface area contributed by atoms with Crippen LogP contribution in [0.25, 0.3) is 0 Å². The minimum Gasteiger partial charge on any atom is -0.377 e. The Hall–Kier alpha value is -0.260. The highest BCUT2D eigenvalue weighted by atomic mass is 127. The summed E-state index contributed by atoms with van der Waals surface area (Å²) in [6, 6.07) is 10.5. The molecule has 0 aliphatic carbocycles.